The predicted molar refractivity (Wildman–Crippen MR) is 80.9 cm³/mol. The lowest BCUT2D eigenvalue weighted by Crippen LogP contribution is -2.28. The van der Waals surface area contributed by atoms with E-state index < -0.39 is 0 Å². The fourth-order valence-corrected chi connectivity index (χ4v) is 3.09. The van der Waals surface area contributed by atoms with E-state index in [9.17, 15) is 0 Å². The third kappa shape index (κ3) is 2.24. The summed E-state index contributed by atoms with van der Waals surface area (Å²) in [5.41, 5.74) is 2.94. The van der Waals surface area contributed by atoms with Gasteiger partial charge in [-0.05, 0) is 38.3 Å². The zero-order valence-electron chi connectivity index (χ0n) is 11.8. The normalized spacial score (nSPS) is 23.4. The van der Waals surface area contributed by atoms with Crippen molar-refractivity contribution in [1.29, 1.82) is 0 Å². The van der Waals surface area contributed by atoms with Crippen LogP contribution in [0.25, 0.3) is 11.0 Å². The van der Waals surface area contributed by atoms with Gasteiger partial charge in [-0.25, -0.2) is 9.97 Å². The summed E-state index contributed by atoms with van der Waals surface area (Å²) in [6.07, 6.45) is 3.99. The highest BCUT2D eigenvalue weighted by molar-refractivity contribution is 5.76. The first kappa shape index (κ1) is 12.1. The van der Waals surface area contributed by atoms with Crippen LogP contribution in [0.5, 0.6) is 0 Å². The second-order valence-corrected chi connectivity index (χ2v) is 6.00. The first-order valence-electron chi connectivity index (χ1n) is 7.53. The molecule has 1 saturated carbocycles. The molecular weight excluding hydrogens is 248 g/mol. The number of para-hydroxylation sites is 2. The van der Waals surface area contributed by atoms with Gasteiger partial charge in [-0.15, -0.1) is 0 Å². The van der Waals surface area contributed by atoms with E-state index in [2.05, 4.69) is 15.2 Å². The van der Waals surface area contributed by atoms with Crippen molar-refractivity contribution >= 4 is 16.9 Å². The van der Waals surface area contributed by atoms with E-state index in [0.29, 0.717) is 6.04 Å². The van der Waals surface area contributed by atoms with E-state index >= 15 is 0 Å². The fourth-order valence-electron chi connectivity index (χ4n) is 3.09. The summed E-state index contributed by atoms with van der Waals surface area (Å²) in [4.78, 5) is 12.0. The zero-order valence-corrected chi connectivity index (χ0v) is 11.8. The van der Waals surface area contributed by atoms with Gasteiger partial charge in [0.1, 0.15) is 5.82 Å². The standard InChI is InChI=1S/C16H20N4/c1-11-16(19-15-5-3-2-4-14(15)17-11)18-12-8-9-20(10-12)13-6-7-13/h2-5,12-13H,6-10H2,1H3,(H,18,19). The van der Waals surface area contributed by atoms with Crippen molar-refractivity contribution in [2.45, 2.75) is 38.3 Å². The lowest BCUT2D eigenvalue weighted by atomic mass is 10.2. The molecule has 4 heteroatoms. The molecule has 0 radical (unpaired) electrons. The quantitative estimate of drug-likeness (QED) is 0.929. The number of benzene rings is 1. The van der Waals surface area contributed by atoms with Gasteiger partial charge in [0, 0.05) is 25.2 Å². The molecule has 1 aromatic heterocycles. The minimum Gasteiger partial charge on any atom is -0.364 e. The smallest absolute Gasteiger partial charge is 0.148 e. The second kappa shape index (κ2) is 4.70. The Bertz CT molecular complexity index is 635. The molecule has 0 amide bonds. The first-order chi connectivity index (χ1) is 9.79. The number of hydrogen-bond acceptors (Lipinski definition) is 4. The molecule has 20 heavy (non-hydrogen) atoms. The van der Waals surface area contributed by atoms with Crippen LogP contribution in [0.15, 0.2) is 24.3 Å². The molecule has 0 bridgehead atoms. The largest absolute Gasteiger partial charge is 0.364 e. The summed E-state index contributed by atoms with van der Waals surface area (Å²) >= 11 is 0. The average molecular weight is 268 g/mol. The Morgan fingerprint density at radius 1 is 1.10 bits per heavy atom. The summed E-state index contributed by atoms with van der Waals surface area (Å²) in [5.74, 6) is 0.950. The third-order valence-corrected chi connectivity index (χ3v) is 4.37. The van der Waals surface area contributed by atoms with E-state index in [0.717, 1.165) is 35.1 Å². The van der Waals surface area contributed by atoms with Gasteiger partial charge in [0.05, 0.1) is 16.7 Å². The van der Waals surface area contributed by atoms with Crippen LogP contribution in [0.1, 0.15) is 25.0 Å². The van der Waals surface area contributed by atoms with Gasteiger partial charge in [-0.3, -0.25) is 4.90 Å². The summed E-state index contributed by atoms with van der Waals surface area (Å²) in [5, 5.41) is 3.60. The van der Waals surface area contributed by atoms with Gasteiger partial charge in [0.2, 0.25) is 0 Å². The van der Waals surface area contributed by atoms with Crippen LogP contribution in [0.4, 0.5) is 5.82 Å². The number of aryl methyl sites for hydroxylation is 1. The first-order valence-corrected chi connectivity index (χ1v) is 7.53. The Balaban J connectivity index is 1.54. The molecular formula is C16H20N4. The molecule has 4 rings (SSSR count). The molecule has 1 aliphatic heterocycles. The van der Waals surface area contributed by atoms with Crippen LogP contribution in [0, 0.1) is 6.92 Å². The van der Waals surface area contributed by atoms with E-state index in [1.54, 1.807) is 0 Å². The van der Waals surface area contributed by atoms with Crippen LogP contribution >= 0.6 is 0 Å². The lowest BCUT2D eigenvalue weighted by molar-refractivity contribution is 0.326. The van der Waals surface area contributed by atoms with Crippen LogP contribution in [0.2, 0.25) is 0 Å². The van der Waals surface area contributed by atoms with Crippen molar-refractivity contribution in [2.75, 3.05) is 18.4 Å². The Morgan fingerprint density at radius 2 is 1.85 bits per heavy atom. The van der Waals surface area contributed by atoms with Crippen molar-refractivity contribution < 1.29 is 0 Å². The topological polar surface area (TPSA) is 41.1 Å². The Hall–Kier alpha value is -1.68. The Labute approximate surface area is 119 Å². The SMILES string of the molecule is Cc1nc2ccccc2nc1NC1CCN(C2CC2)C1. The van der Waals surface area contributed by atoms with Crippen molar-refractivity contribution in [3.05, 3.63) is 30.0 Å². The number of fused-ring (bicyclic) bond motifs is 1. The number of likely N-dealkylation sites (tertiary alicyclic amines) is 1. The summed E-state index contributed by atoms with van der Waals surface area (Å²) in [6, 6.07) is 9.45. The number of nitrogens with one attached hydrogen (secondary N) is 1. The maximum Gasteiger partial charge on any atom is 0.148 e. The van der Waals surface area contributed by atoms with E-state index in [1.165, 1.54) is 25.8 Å². The van der Waals surface area contributed by atoms with Gasteiger partial charge in [0.15, 0.2) is 0 Å². The molecule has 1 aromatic carbocycles. The molecule has 104 valence electrons. The minimum absolute atomic E-state index is 0.518. The number of nitrogens with zero attached hydrogens (tertiary/aromatic N) is 3. The van der Waals surface area contributed by atoms with Crippen LogP contribution in [-0.4, -0.2) is 40.0 Å². The average Bonchev–Trinajstić information content (AvgIpc) is 3.20. The number of aromatic nitrogens is 2. The predicted octanol–water partition coefficient (Wildman–Crippen LogP) is 2.59. The summed E-state index contributed by atoms with van der Waals surface area (Å²) in [7, 11) is 0. The molecule has 0 spiro atoms. The number of anilines is 1. The molecule has 2 aromatic rings. The molecule has 1 saturated heterocycles. The summed E-state index contributed by atoms with van der Waals surface area (Å²) < 4.78 is 0. The van der Waals surface area contributed by atoms with Gasteiger partial charge in [0.25, 0.3) is 0 Å². The van der Waals surface area contributed by atoms with Gasteiger partial charge >= 0.3 is 0 Å². The molecule has 1 atom stereocenters. The van der Waals surface area contributed by atoms with Crippen LogP contribution in [0.3, 0.4) is 0 Å². The highest BCUT2D eigenvalue weighted by Gasteiger charge is 2.34. The van der Waals surface area contributed by atoms with Crippen molar-refractivity contribution in [2.24, 2.45) is 0 Å². The highest BCUT2D eigenvalue weighted by Crippen LogP contribution is 2.30. The molecule has 1 unspecified atom stereocenters. The minimum atomic E-state index is 0.518. The molecule has 2 aliphatic rings. The molecule has 1 aliphatic carbocycles. The van der Waals surface area contributed by atoms with Gasteiger partial charge in [-0.2, -0.15) is 0 Å². The van der Waals surface area contributed by atoms with E-state index in [4.69, 9.17) is 4.98 Å². The molecule has 2 fully saturated rings. The number of rotatable bonds is 3. The Kier molecular flexibility index (Phi) is 2.84. The monoisotopic (exact) mass is 268 g/mol. The van der Waals surface area contributed by atoms with Gasteiger partial charge < -0.3 is 5.32 Å². The maximum absolute atomic E-state index is 4.73. The molecule has 1 N–H and O–H groups in total. The molecule has 2 heterocycles. The van der Waals surface area contributed by atoms with Crippen LogP contribution < -0.4 is 5.32 Å². The van der Waals surface area contributed by atoms with Crippen molar-refractivity contribution in [1.82, 2.24) is 14.9 Å². The summed E-state index contributed by atoms with van der Waals surface area (Å²) in [6.45, 7) is 4.41. The Morgan fingerprint density at radius 3 is 2.60 bits per heavy atom. The third-order valence-electron chi connectivity index (χ3n) is 4.37. The number of hydrogen-bond donors (Lipinski definition) is 1. The lowest BCUT2D eigenvalue weighted by Gasteiger charge is -2.17. The van der Waals surface area contributed by atoms with Gasteiger partial charge in [-0.1, -0.05) is 12.1 Å². The van der Waals surface area contributed by atoms with Crippen molar-refractivity contribution in [3.63, 3.8) is 0 Å². The maximum atomic E-state index is 4.73. The fraction of sp³-hybridized carbons (Fsp3) is 0.500. The zero-order chi connectivity index (χ0) is 13.5. The second-order valence-electron chi connectivity index (χ2n) is 6.00. The molecule has 4 nitrogen and oxygen atoms in total. The van der Waals surface area contributed by atoms with Crippen LogP contribution in [-0.2, 0) is 0 Å². The van der Waals surface area contributed by atoms with Crippen molar-refractivity contribution in [3.8, 4) is 0 Å². The van der Waals surface area contributed by atoms with E-state index in [-0.39, 0.29) is 0 Å². The highest BCUT2D eigenvalue weighted by atomic mass is 15.2. The van der Waals surface area contributed by atoms with E-state index in [1.807, 2.05) is 31.2 Å².